The molecular formula is C12H8N2O5. The predicted octanol–water partition coefficient (Wildman–Crippen LogP) is 1.37. The number of amides is 1. The Labute approximate surface area is 106 Å². The summed E-state index contributed by atoms with van der Waals surface area (Å²) >= 11 is 0. The molecule has 1 aliphatic heterocycles. The van der Waals surface area contributed by atoms with Gasteiger partial charge in [0.1, 0.15) is 5.69 Å². The van der Waals surface area contributed by atoms with Crippen LogP contribution in [0.4, 0.5) is 5.69 Å². The van der Waals surface area contributed by atoms with Gasteiger partial charge in [0.25, 0.3) is 5.91 Å². The van der Waals surface area contributed by atoms with Crippen LogP contribution >= 0.6 is 0 Å². The Morgan fingerprint density at radius 3 is 3.00 bits per heavy atom. The van der Waals surface area contributed by atoms with Crippen LogP contribution in [0.1, 0.15) is 10.6 Å². The number of fused-ring (bicyclic) bond motifs is 1. The summed E-state index contributed by atoms with van der Waals surface area (Å²) in [6, 6.07) is 6.41. The first-order chi connectivity index (χ1) is 9.15. The molecule has 19 heavy (non-hydrogen) atoms. The van der Waals surface area contributed by atoms with Crippen LogP contribution in [0.3, 0.4) is 0 Å². The number of rotatable bonds is 2. The van der Waals surface area contributed by atoms with Crippen molar-refractivity contribution in [1.82, 2.24) is 5.16 Å². The van der Waals surface area contributed by atoms with Crippen molar-refractivity contribution in [1.29, 1.82) is 0 Å². The molecule has 0 radical (unpaired) electrons. The highest BCUT2D eigenvalue weighted by Crippen LogP contribution is 2.37. The highest BCUT2D eigenvalue weighted by molar-refractivity contribution is 5.97. The van der Waals surface area contributed by atoms with E-state index in [-0.39, 0.29) is 18.3 Å². The summed E-state index contributed by atoms with van der Waals surface area (Å²) < 4.78 is 10.1. The van der Waals surface area contributed by atoms with Crippen LogP contribution in [0.2, 0.25) is 0 Å². The molecule has 2 heterocycles. The van der Waals surface area contributed by atoms with Crippen LogP contribution in [0, 0.1) is 0 Å². The maximum atomic E-state index is 11.2. The van der Waals surface area contributed by atoms with Crippen molar-refractivity contribution in [3.63, 3.8) is 0 Å². The molecular weight excluding hydrogens is 252 g/mol. The molecule has 0 fully saturated rings. The minimum absolute atomic E-state index is 0.0896. The topological polar surface area (TPSA) is 102 Å². The van der Waals surface area contributed by atoms with Crippen molar-refractivity contribution in [2.45, 2.75) is 0 Å². The predicted molar refractivity (Wildman–Crippen MR) is 63.0 cm³/mol. The summed E-state index contributed by atoms with van der Waals surface area (Å²) in [6.07, 6.45) is 0. The number of nitrogens with zero attached hydrogens (tertiary/aromatic N) is 1. The van der Waals surface area contributed by atoms with E-state index in [1.165, 1.54) is 6.07 Å². The standard InChI is InChI=1S/C12H8N2O5/c15-10-5-18-11-6(2-1-3-7(11)13-10)8-4-9(12(16)17)19-14-8/h1-4H,5H2,(H,13,15)(H,16,17). The molecule has 0 saturated heterocycles. The summed E-state index contributed by atoms with van der Waals surface area (Å²) in [5, 5.41) is 15.1. The minimum Gasteiger partial charge on any atom is -0.481 e. The van der Waals surface area contributed by atoms with E-state index in [9.17, 15) is 9.59 Å². The van der Waals surface area contributed by atoms with Gasteiger partial charge in [-0.15, -0.1) is 0 Å². The second-order valence-corrected chi connectivity index (χ2v) is 3.90. The number of para-hydroxylation sites is 1. The van der Waals surface area contributed by atoms with Gasteiger partial charge in [-0.3, -0.25) is 4.79 Å². The number of aromatic carboxylic acids is 1. The number of benzene rings is 1. The molecule has 0 bridgehead atoms. The third-order valence-corrected chi connectivity index (χ3v) is 2.63. The van der Waals surface area contributed by atoms with E-state index in [2.05, 4.69) is 10.5 Å². The molecule has 7 heteroatoms. The monoisotopic (exact) mass is 260 g/mol. The summed E-state index contributed by atoms with van der Waals surface area (Å²) in [7, 11) is 0. The molecule has 96 valence electrons. The number of ether oxygens (including phenoxy) is 1. The molecule has 0 spiro atoms. The van der Waals surface area contributed by atoms with Crippen LogP contribution in [0.15, 0.2) is 28.8 Å². The SMILES string of the molecule is O=C1COc2c(cccc2-c2cc(C(=O)O)on2)N1. The van der Waals surface area contributed by atoms with Crippen molar-refractivity contribution < 1.29 is 24.0 Å². The smallest absolute Gasteiger partial charge is 0.374 e. The summed E-state index contributed by atoms with van der Waals surface area (Å²) in [6.45, 7) is -0.0896. The number of anilines is 1. The largest absolute Gasteiger partial charge is 0.481 e. The molecule has 0 unspecified atom stereocenters. The normalized spacial score (nSPS) is 13.4. The maximum absolute atomic E-state index is 11.2. The quantitative estimate of drug-likeness (QED) is 0.845. The van der Waals surface area contributed by atoms with Gasteiger partial charge < -0.3 is 19.7 Å². The molecule has 1 aromatic carbocycles. The van der Waals surface area contributed by atoms with Gasteiger partial charge in [-0.1, -0.05) is 11.2 Å². The molecule has 0 saturated carbocycles. The average molecular weight is 260 g/mol. The van der Waals surface area contributed by atoms with E-state index in [4.69, 9.17) is 14.4 Å². The number of carboxylic acids is 1. The first kappa shape index (κ1) is 11.3. The van der Waals surface area contributed by atoms with Crippen molar-refractivity contribution in [2.24, 2.45) is 0 Å². The van der Waals surface area contributed by atoms with E-state index >= 15 is 0 Å². The van der Waals surface area contributed by atoms with E-state index in [0.29, 0.717) is 22.7 Å². The first-order valence-corrected chi connectivity index (χ1v) is 5.41. The lowest BCUT2D eigenvalue weighted by atomic mass is 10.1. The lowest BCUT2D eigenvalue weighted by Gasteiger charge is -2.19. The van der Waals surface area contributed by atoms with Gasteiger partial charge >= 0.3 is 5.97 Å². The number of carbonyl (C=O) groups is 2. The lowest BCUT2D eigenvalue weighted by molar-refractivity contribution is -0.118. The number of aromatic nitrogens is 1. The van der Waals surface area contributed by atoms with Crippen LogP contribution < -0.4 is 10.1 Å². The van der Waals surface area contributed by atoms with Gasteiger partial charge in [0, 0.05) is 11.6 Å². The highest BCUT2D eigenvalue weighted by atomic mass is 16.5. The third kappa shape index (κ3) is 1.90. The molecule has 7 nitrogen and oxygen atoms in total. The fourth-order valence-corrected chi connectivity index (χ4v) is 1.82. The zero-order chi connectivity index (χ0) is 13.4. The fraction of sp³-hybridized carbons (Fsp3) is 0.0833. The van der Waals surface area contributed by atoms with E-state index in [0.717, 1.165) is 0 Å². The Morgan fingerprint density at radius 2 is 2.26 bits per heavy atom. The molecule has 2 N–H and O–H groups in total. The van der Waals surface area contributed by atoms with Crippen molar-refractivity contribution in [3.05, 3.63) is 30.0 Å². The van der Waals surface area contributed by atoms with Gasteiger partial charge in [0.2, 0.25) is 5.76 Å². The average Bonchev–Trinajstić information content (AvgIpc) is 2.87. The highest BCUT2D eigenvalue weighted by Gasteiger charge is 2.22. The second-order valence-electron chi connectivity index (χ2n) is 3.90. The molecule has 1 aliphatic rings. The molecule has 1 aromatic heterocycles. The van der Waals surface area contributed by atoms with Gasteiger partial charge in [0.05, 0.1) is 5.69 Å². The molecule has 1 amide bonds. The number of nitrogens with one attached hydrogen (secondary N) is 1. The number of carbonyl (C=O) groups excluding carboxylic acids is 1. The summed E-state index contributed by atoms with van der Waals surface area (Å²) in [5.74, 6) is -1.24. The number of hydrogen-bond acceptors (Lipinski definition) is 5. The Hall–Kier alpha value is -2.83. The van der Waals surface area contributed by atoms with Crippen LogP contribution in [-0.2, 0) is 4.79 Å². The van der Waals surface area contributed by atoms with E-state index in [1.807, 2.05) is 0 Å². The zero-order valence-electron chi connectivity index (χ0n) is 9.54. The van der Waals surface area contributed by atoms with Gasteiger partial charge in [-0.2, -0.15) is 0 Å². The summed E-state index contributed by atoms with van der Waals surface area (Å²) in [4.78, 5) is 22.0. The fourth-order valence-electron chi connectivity index (χ4n) is 1.82. The van der Waals surface area contributed by atoms with Crippen LogP contribution in [-0.4, -0.2) is 28.7 Å². The van der Waals surface area contributed by atoms with Gasteiger partial charge in [-0.05, 0) is 12.1 Å². The molecule has 0 atom stereocenters. The Morgan fingerprint density at radius 1 is 1.42 bits per heavy atom. The van der Waals surface area contributed by atoms with E-state index < -0.39 is 5.97 Å². The Bertz CT molecular complexity index is 677. The second kappa shape index (κ2) is 4.13. The molecule has 0 aliphatic carbocycles. The van der Waals surface area contributed by atoms with E-state index in [1.54, 1.807) is 18.2 Å². The van der Waals surface area contributed by atoms with Gasteiger partial charge in [-0.25, -0.2) is 4.79 Å². The zero-order valence-corrected chi connectivity index (χ0v) is 9.54. The third-order valence-electron chi connectivity index (χ3n) is 2.63. The van der Waals surface area contributed by atoms with Crippen LogP contribution in [0.25, 0.3) is 11.3 Å². The van der Waals surface area contributed by atoms with Gasteiger partial charge in [0.15, 0.2) is 12.4 Å². The number of carboxylic acid groups (broad SMARTS) is 1. The Kier molecular flexibility index (Phi) is 2.45. The lowest BCUT2D eigenvalue weighted by Crippen LogP contribution is -2.25. The van der Waals surface area contributed by atoms with Crippen molar-refractivity contribution in [2.75, 3.05) is 11.9 Å². The molecule has 2 aromatic rings. The summed E-state index contributed by atoms with van der Waals surface area (Å²) in [5.41, 5.74) is 1.42. The first-order valence-electron chi connectivity index (χ1n) is 5.41. The number of hydrogen-bond donors (Lipinski definition) is 2. The Balaban J connectivity index is 2.07. The minimum atomic E-state index is -1.20. The molecule has 3 rings (SSSR count). The maximum Gasteiger partial charge on any atom is 0.374 e. The van der Waals surface area contributed by atoms with Crippen molar-refractivity contribution in [3.8, 4) is 17.0 Å². The van der Waals surface area contributed by atoms with Crippen molar-refractivity contribution >= 4 is 17.6 Å². The van der Waals surface area contributed by atoms with Crippen LogP contribution in [0.5, 0.6) is 5.75 Å².